The van der Waals surface area contributed by atoms with Crippen molar-refractivity contribution in [3.05, 3.63) is 69.7 Å². The van der Waals surface area contributed by atoms with Crippen molar-refractivity contribution in [2.75, 3.05) is 6.54 Å². The molecule has 0 spiro atoms. The summed E-state index contributed by atoms with van der Waals surface area (Å²) in [4.78, 5) is 23.8. The van der Waals surface area contributed by atoms with Gasteiger partial charge in [0.05, 0.1) is 5.56 Å². The van der Waals surface area contributed by atoms with Crippen molar-refractivity contribution in [1.82, 2.24) is 10.6 Å². The summed E-state index contributed by atoms with van der Waals surface area (Å²) in [5, 5.41) is 5.30. The molecule has 138 valence electrons. The van der Waals surface area contributed by atoms with E-state index in [1.54, 1.807) is 0 Å². The van der Waals surface area contributed by atoms with Gasteiger partial charge in [-0.15, -0.1) is 0 Å². The largest absolute Gasteiger partial charge is 0.353 e. The number of amides is 2. The second kappa shape index (κ2) is 9.43. The average molecular weight is 425 g/mol. The monoisotopic (exact) mass is 424 g/mol. The number of hydrogen-bond donors (Lipinski definition) is 2. The number of benzene rings is 2. The Morgan fingerprint density at radius 1 is 1.12 bits per heavy atom. The Morgan fingerprint density at radius 2 is 1.81 bits per heavy atom. The fourth-order valence-electron chi connectivity index (χ4n) is 2.43. The van der Waals surface area contributed by atoms with E-state index in [-0.39, 0.29) is 30.5 Å². The quantitative estimate of drug-likeness (QED) is 0.713. The highest BCUT2D eigenvalue weighted by Gasteiger charge is 2.13. The van der Waals surface area contributed by atoms with Gasteiger partial charge in [0.2, 0.25) is 5.91 Å². The fraction of sp³-hybridized carbons (Fsp3) is 0.263. The number of rotatable bonds is 7. The molecule has 7 heteroatoms. The summed E-state index contributed by atoms with van der Waals surface area (Å²) in [5.41, 5.74) is 0.844. The molecule has 0 saturated carbocycles. The minimum atomic E-state index is -0.935. The van der Waals surface area contributed by atoms with Crippen LogP contribution in [0.1, 0.15) is 29.3 Å². The molecule has 0 aliphatic carbocycles. The fourth-order valence-corrected chi connectivity index (χ4v) is 2.69. The molecule has 26 heavy (non-hydrogen) atoms. The molecule has 1 unspecified atom stereocenters. The Bertz CT molecular complexity index is 782. The summed E-state index contributed by atoms with van der Waals surface area (Å²) >= 11 is 3.37. The van der Waals surface area contributed by atoms with Crippen molar-refractivity contribution in [3.8, 4) is 0 Å². The van der Waals surface area contributed by atoms with Crippen molar-refractivity contribution in [1.29, 1.82) is 0 Å². The van der Waals surface area contributed by atoms with Gasteiger partial charge >= 0.3 is 0 Å². The van der Waals surface area contributed by atoms with E-state index in [0.29, 0.717) is 12.5 Å². The van der Waals surface area contributed by atoms with Gasteiger partial charge in [0.25, 0.3) is 5.91 Å². The third-order valence-electron chi connectivity index (χ3n) is 3.68. The first-order valence-electron chi connectivity index (χ1n) is 8.12. The highest BCUT2D eigenvalue weighted by atomic mass is 79.9. The minimum Gasteiger partial charge on any atom is -0.353 e. The van der Waals surface area contributed by atoms with Crippen LogP contribution in [0.2, 0.25) is 0 Å². The van der Waals surface area contributed by atoms with E-state index in [0.717, 1.165) is 22.2 Å². The Morgan fingerprint density at radius 3 is 2.46 bits per heavy atom. The van der Waals surface area contributed by atoms with E-state index >= 15 is 0 Å². The van der Waals surface area contributed by atoms with E-state index in [1.165, 1.54) is 0 Å². The van der Waals surface area contributed by atoms with E-state index in [9.17, 15) is 18.4 Å². The number of nitrogens with one attached hydrogen (secondary N) is 2. The standard InChI is InChI=1S/C19H19BrF2N2O2/c1-12(10-13-2-4-14(20)5-3-13)24-18(25)8-9-23-19(26)16-7-6-15(21)11-17(16)22/h2-7,11-12H,8-10H2,1H3,(H,23,26)(H,24,25). The molecule has 2 aromatic rings. The van der Waals surface area contributed by atoms with Gasteiger partial charge in [-0.25, -0.2) is 8.78 Å². The van der Waals surface area contributed by atoms with Gasteiger partial charge < -0.3 is 10.6 Å². The van der Waals surface area contributed by atoms with Crippen LogP contribution in [0.4, 0.5) is 8.78 Å². The molecular formula is C19H19BrF2N2O2. The molecule has 2 N–H and O–H groups in total. The maximum Gasteiger partial charge on any atom is 0.254 e. The Kier molecular flexibility index (Phi) is 7.26. The Hall–Kier alpha value is -2.28. The molecule has 0 aromatic heterocycles. The molecule has 2 amide bonds. The first-order chi connectivity index (χ1) is 12.3. The maximum absolute atomic E-state index is 13.5. The molecule has 2 rings (SSSR count). The van der Waals surface area contributed by atoms with E-state index in [4.69, 9.17) is 0 Å². The van der Waals surface area contributed by atoms with Crippen molar-refractivity contribution >= 4 is 27.7 Å². The molecular weight excluding hydrogens is 406 g/mol. The van der Waals surface area contributed by atoms with Crippen molar-refractivity contribution in [3.63, 3.8) is 0 Å². The molecule has 0 bridgehead atoms. The van der Waals surface area contributed by atoms with Gasteiger partial charge in [0, 0.05) is 29.5 Å². The number of carbonyl (C=O) groups is 2. The second-order valence-corrected chi connectivity index (χ2v) is 6.84. The Labute approximate surface area is 159 Å². The van der Waals surface area contributed by atoms with Crippen LogP contribution in [0.25, 0.3) is 0 Å². The van der Waals surface area contributed by atoms with Gasteiger partial charge in [-0.05, 0) is 43.2 Å². The predicted octanol–water partition coefficient (Wildman–Crippen LogP) is 3.59. The first-order valence-corrected chi connectivity index (χ1v) is 8.91. The zero-order valence-electron chi connectivity index (χ0n) is 14.2. The van der Waals surface area contributed by atoms with Crippen molar-refractivity contribution < 1.29 is 18.4 Å². The van der Waals surface area contributed by atoms with Crippen LogP contribution in [0.5, 0.6) is 0 Å². The highest BCUT2D eigenvalue weighted by molar-refractivity contribution is 9.10. The summed E-state index contributed by atoms with van der Waals surface area (Å²) in [7, 11) is 0. The lowest BCUT2D eigenvalue weighted by molar-refractivity contribution is -0.121. The molecule has 2 aromatic carbocycles. The third-order valence-corrected chi connectivity index (χ3v) is 4.20. The smallest absolute Gasteiger partial charge is 0.254 e. The minimum absolute atomic E-state index is 0.0612. The van der Waals surface area contributed by atoms with Gasteiger partial charge in [0.1, 0.15) is 11.6 Å². The van der Waals surface area contributed by atoms with Crippen LogP contribution in [0.3, 0.4) is 0 Å². The summed E-state index contributed by atoms with van der Waals surface area (Å²) in [5.74, 6) is -2.58. The molecule has 0 saturated heterocycles. The molecule has 4 nitrogen and oxygen atoms in total. The summed E-state index contributed by atoms with van der Waals surface area (Å²) in [6.45, 7) is 1.96. The van der Waals surface area contributed by atoms with Gasteiger partial charge in [0.15, 0.2) is 0 Å². The lowest BCUT2D eigenvalue weighted by Crippen LogP contribution is -2.36. The normalized spacial score (nSPS) is 11.7. The zero-order valence-corrected chi connectivity index (χ0v) is 15.8. The summed E-state index contributed by atoms with van der Waals surface area (Å²) in [6.07, 6.45) is 0.755. The van der Waals surface area contributed by atoms with Crippen LogP contribution in [-0.2, 0) is 11.2 Å². The number of carbonyl (C=O) groups excluding carboxylic acids is 2. The first kappa shape index (κ1) is 20.0. The second-order valence-electron chi connectivity index (χ2n) is 5.93. The number of hydrogen-bond acceptors (Lipinski definition) is 2. The summed E-state index contributed by atoms with van der Waals surface area (Å²) in [6, 6.07) is 10.5. The van der Waals surface area contributed by atoms with Crippen LogP contribution in [-0.4, -0.2) is 24.4 Å². The van der Waals surface area contributed by atoms with Gasteiger partial charge in [-0.3, -0.25) is 9.59 Å². The molecule has 0 fully saturated rings. The summed E-state index contributed by atoms with van der Waals surface area (Å²) < 4.78 is 27.3. The lowest BCUT2D eigenvalue weighted by atomic mass is 10.1. The van der Waals surface area contributed by atoms with Crippen LogP contribution in [0.15, 0.2) is 46.9 Å². The molecule has 1 atom stereocenters. The van der Waals surface area contributed by atoms with Crippen LogP contribution in [0, 0.1) is 11.6 Å². The van der Waals surface area contributed by atoms with Crippen LogP contribution >= 0.6 is 15.9 Å². The molecule has 0 aliphatic rings. The maximum atomic E-state index is 13.5. The van der Waals surface area contributed by atoms with E-state index < -0.39 is 17.5 Å². The lowest BCUT2D eigenvalue weighted by Gasteiger charge is -2.14. The van der Waals surface area contributed by atoms with E-state index in [2.05, 4.69) is 26.6 Å². The van der Waals surface area contributed by atoms with Gasteiger partial charge in [-0.1, -0.05) is 28.1 Å². The van der Waals surface area contributed by atoms with Gasteiger partial charge in [-0.2, -0.15) is 0 Å². The van der Waals surface area contributed by atoms with Crippen molar-refractivity contribution in [2.24, 2.45) is 0 Å². The topological polar surface area (TPSA) is 58.2 Å². The SMILES string of the molecule is CC(Cc1ccc(Br)cc1)NC(=O)CCNC(=O)c1ccc(F)cc1F. The van der Waals surface area contributed by atoms with Crippen molar-refractivity contribution in [2.45, 2.75) is 25.8 Å². The Balaban J connectivity index is 1.74. The highest BCUT2D eigenvalue weighted by Crippen LogP contribution is 2.12. The zero-order chi connectivity index (χ0) is 19.1. The molecule has 0 heterocycles. The van der Waals surface area contributed by atoms with Crippen LogP contribution < -0.4 is 10.6 Å². The average Bonchev–Trinajstić information content (AvgIpc) is 2.56. The number of halogens is 3. The third kappa shape index (κ3) is 6.22. The molecule has 0 radical (unpaired) electrons. The molecule has 0 aliphatic heterocycles. The van der Waals surface area contributed by atoms with E-state index in [1.807, 2.05) is 31.2 Å². The predicted molar refractivity (Wildman–Crippen MR) is 98.8 cm³/mol.